The average Bonchev–Trinajstić information content (AvgIpc) is 2.76. The molecule has 2 fully saturated rings. The Morgan fingerprint density at radius 1 is 1.00 bits per heavy atom. The number of halogens is 1. The van der Waals surface area contributed by atoms with Crippen LogP contribution in [0, 0.1) is 0 Å². The van der Waals surface area contributed by atoms with Crippen LogP contribution in [0.5, 0.6) is 0 Å². The van der Waals surface area contributed by atoms with Crippen molar-refractivity contribution in [3.05, 3.63) is 65.2 Å². The van der Waals surface area contributed by atoms with Gasteiger partial charge in [-0.05, 0) is 17.7 Å². The number of nitrogens with zero attached hydrogens (tertiary/aromatic N) is 3. The van der Waals surface area contributed by atoms with E-state index in [1.54, 1.807) is 11.9 Å². The monoisotopic (exact) mass is 413 g/mol. The van der Waals surface area contributed by atoms with Crippen molar-refractivity contribution in [2.75, 3.05) is 44.7 Å². The molecule has 0 radical (unpaired) electrons. The molecule has 2 aliphatic rings. The van der Waals surface area contributed by atoms with Crippen LogP contribution in [-0.2, 0) is 14.3 Å². The summed E-state index contributed by atoms with van der Waals surface area (Å²) >= 11 is 6.32. The Labute approximate surface area is 175 Å². The molecule has 2 atom stereocenters. The highest BCUT2D eigenvalue weighted by atomic mass is 35.5. The zero-order valence-corrected chi connectivity index (χ0v) is 17.1. The summed E-state index contributed by atoms with van der Waals surface area (Å²) < 4.78 is 5.76. The van der Waals surface area contributed by atoms with E-state index in [4.69, 9.17) is 16.3 Å². The number of hydrogen-bond donors (Lipinski definition) is 0. The lowest BCUT2D eigenvalue weighted by atomic mass is 9.97. The summed E-state index contributed by atoms with van der Waals surface area (Å²) in [6.07, 6.45) is -0.702. The largest absolute Gasteiger partial charge is 0.367 e. The van der Waals surface area contributed by atoms with Crippen LogP contribution in [0.25, 0.3) is 0 Å². The molecule has 29 heavy (non-hydrogen) atoms. The Hall–Kier alpha value is -2.57. The van der Waals surface area contributed by atoms with Gasteiger partial charge in [0.2, 0.25) is 5.91 Å². The van der Waals surface area contributed by atoms with E-state index in [0.29, 0.717) is 31.2 Å². The Morgan fingerprint density at radius 2 is 1.66 bits per heavy atom. The van der Waals surface area contributed by atoms with Gasteiger partial charge in [-0.2, -0.15) is 0 Å². The van der Waals surface area contributed by atoms with E-state index in [9.17, 15) is 9.59 Å². The number of anilines is 1. The van der Waals surface area contributed by atoms with E-state index >= 15 is 0 Å². The molecular formula is C22H24ClN3O3. The molecule has 6 nitrogen and oxygen atoms in total. The van der Waals surface area contributed by atoms with Crippen LogP contribution in [0.2, 0.25) is 5.02 Å². The maximum Gasteiger partial charge on any atom is 0.254 e. The minimum atomic E-state index is -0.702. The lowest BCUT2D eigenvalue weighted by molar-refractivity contribution is -0.167. The quantitative estimate of drug-likeness (QED) is 0.776. The molecule has 4 rings (SSSR count). The topological polar surface area (TPSA) is 53.1 Å². The SMILES string of the molecule is CN1C(=O)CO[C@@H](C(=O)N2CCN(c3ccccc3Cl)CC2)[C@@H]1c1ccccc1. The second kappa shape index (κ2) is 8.43. The van der Waals surface area contributed by atoms with Gasteiger partial charge in [0.15, 0.2) is 6.10 Å². The van der Waals surface area contributed by atoms with Gasteiger partial charge in [-0.25, -0.2) is 0 Å². The highest BCUT2D eigenvalue weighted by Crippen LogP contribution is 2.31. The Kier molecular flexibility index (Phi) is 5.74. The van der Waals surface area contributed by atoms with Crippen LogP contribution in [0.1, 0.15) is 11.6 Å². The number of benzene rings is 2. The van der Waals surface area contributed by atoms with E-state index in [2.05, 4.69) is 4.90 Å². The number of likely N-dealkylation sites (N-methyl/N-ethyl adjacent to an activating group) is 1. The van der Waals surface area contributed by atoms with Crippen LogP contribution in [-0.4, -0.2) is 67.6 Å². The third-order valence-corrected chi connectivity index (χ3v) is 5.97. The molecule has 2 saturated heterocycles. The van der Waals surface area contributed by atoms with Crippen molar-refractivity contribution in [2.45, 2.75) is 12.1 Å². The fourth-order valence-electron chi connectivity index (χ4n) is 4.02. The van der Waals surface area contributed by atoms with Crippen molar-refractivity contribution >= 4 is 29.1 Å². The van der Waals surface area contributed by atoms with Crippen LogP contribution >= 0.6 is 11.6 Å². The third kappa shape index (κ3) is 3.95. The predicted molar refractivity (Wildman–Crippen MR) is 112 cm³/mol. The summed E-state index contributed by atoms with van der Waals surface area (Å²) in [7, 11) is 1.73. The molecule has 0 spiro atoms. The number of carbonyl (C=O) groups is 2. The van der Waals surface area contributed by atoms with Gasteiger partial charge in [-0.3, -0.25) is 9.59 Å². The molecule has 0 aliphatic carbocycles. The van der Waals surface area contributed by atoms with Crippen molar-refractivity contribution in [3.63, 3.8) is 0 Å². The molecule has 2 heterocycles. The van der Waals surface area contributed by atoms with Crippen LogP contribution < -0.4 is 4.90 Å². The molecular weight excluding hydrogens is 390 g/mol. The molecule has 2 amide bonds. The highest BCUT2D eigenvalue weighted by Gasteiger charge is 2.42. The van der Waals surface area contributed by atoms with Gasteiger partial charge in [0, 0.05) is 33.2 Å². The van der Waals surface area contributed by atoms with Crippen LogP contribution in [0.3, 0.4) is 0 Å². The van der Waals surface area contributed by atoms with E-state index in [0.717, 1.165) is 11.3 Å². The van der Waals surface area contributed by atoms with E-state index in [1.807, 2.05) is 59.5 Å². The third-order valence-electron chi connectivity index (χ3n) is 5.65. The minimum absolute atomic E-state index is 0.0722. The molecule has 0 bridgehead atoms. The smallest absolute Gasteiger partial charge is 0.254 e. The summed E-state index contributed by atoms with van der Waals surface area (Å²) in [6.45, 7) is 2.50. The summed E-state index contributed by atoms with van der Waals surface area (Å²) in [4.78, 5) is 31.2. The number of rotatable bonds is 3. The molecule has 7 heteroatoms. The Bertz CT molecular complexity index is 884. The first kappa shape index (κ1) is 19.7. The first-order valence-electron chi connectivity index (χ1n) is 9.77. The van der Waals surface area contributed by atoms with Gasteiger partial charge in [0.25, 0.3) is 5.91 Å². The molecule has 2 aliphatic heterocycles. The lowest BCUT2D eigenvalue weighted by Crippen LogP contribution is -2.57. The van der Waals surface area contributed by atoms with E-state index < -0.39 is 12.1 Å². The number of hydrogen-bond acceptors (Lipinski definition) is 4. The van der Waals surface area contributed by atoms with Gasteiger partial charge in [-0.15, -0.1) is 0 Å². The highest BCUT2D eigenvalue weighted by molar-refractivity contribution is 6.33. The second-order valence-electron chi connectivity index (χ2n) is 7.36. The molecule has 0 saturated carbocycles. The zero-order valence-electron chi connectivity index (χ0n) is 16.3. The van der Waals surface area contributed by atoms with Gasteiger partial charge in [0.05, 0.1) is 16.8 Å². The average molecular weight is 414 g/mol. The molecule has 0 aromatic heterocycles. The van der Waals surface area contributed by atoms with E-state index in [-0.39, 0.29) is 18.4 Å². The van der Waals surface area contributed by atoms with Crippen LogP contribution in [0.4, 0.5) is 5.69 Å². The standard InChI is InChI=1S/C22H24ClN3O3/c1-24-19(27)15-29-21(20(24)16-7-3-2-4-8-16)22(28)26-13-11-25(12-14-26)18-10-6-5-9-17(18)23/h2-10,20-21H,11-15H2,1H3/t20-,21+/m0/s1. The van der Waals surface area contributed by atoms with Gasteiger partial charge < -0.3 is 19.4 Å². The normalized spacial score (nSPS) is 22.7. The van der Waals surface area contributed by atoms with Gasteiger partial charge in [0.1, 0.15) is 6.61 Å². The summed E-state index contributed by atoms with van der Waals surface area (Å²) in [5.41, 5.74) is 1.89. The number of para-hydroxylation sites is 1. The molecule has 2 aromatic carbocycles. The fraction of sp³-hybridized carbons (Fsp3) is 0.364. The number of piperazine rings is 1. The summed E-state index contributed by atoms with van der Waals surface area (Å²) in [6, 6.07) is 16.9. The van der Waals surface area contributed by atoms with Crippen molar-refractivity contribution in [1.82, 2.24) is 9.80 Å². The maximum atomic E-state index is 13.3. The van der Waals surface area contributed by atoms with Gasteiger partial charge in [-0.1, -0.05) is 54.1 Å². The Morgan fingerprint density at radius 3 is 2.34 bits per heavy atom. The van der Waals surface area contributed by atoms with Crippen LogP contribution in [0.15, 0.2) is 54.6 Å². The minimum Gasteiger partial charge on any atom is -0.367 e. The van der Waals surface area contributed by atoms with Crippen molar-refractivity contribution < 1.29 is 14.3 Å². The number of carbonyl (C=O) groups excluding carboxylic acids is 2. The van der Waals surface area contributed by atoms with Crippen molar-refractivity contribution in [3.8, 4) is 0 Å². The summed E-state index contributed by atoms with van der Waals surface area (Å²) in [5, 5.41) is 0.715. The predicted octanol–water partition coefficient (Wildman–Crippen LogP) is 2.59. The van der Waals surface area contributed by atoms with Crippen molar-refractivity contribution in [2.24, 2.45) is 0 Å². The van der Waals surface area contributed by atoms with Gasteiger partial charge >= 0.3 is 0 Å². The Balaban J connectivity index is 1.48. The molecule has 152 valence electrons. The fourth-order valence-corrected chi connectivity index (χ4v) is 4.28. The molecule has 0 N–H and O–H groups in total. The maximum absolute atomic E-state index is 13.3. The number of morpholine rings is 1. The lowest BCUT2D eigenvalue weighted by Gasteiger charge is -2.42. The number of amides is 2. The zero-order chi connectivity index (χ0) is 20.4. The van der Waals surface area contributed by atoms with E-state index in [1.165, 1.54) is 0 Å². The second-order valence-corrected chi connectivity index (χ2v) is 7.76. The summed E-state index contributed by atoms with van der Waals surface area (Å²) in [5.74, 6) is -0.191. The van der Waals surface area contributed by atoms with Crippen molar-refractivity contribution in [1.29, 1.82) is 0 Å². The first-order valence-corrected chi connectivity index (χ1v) is 10.1. The molecule has 2 aromatic rings. The first-order chi connectivity index (χ1) is 14.1. The number of ether oxygens (including phenoxy) is 1. The molecule has 0 unspecified atom stereocenters.